The van der Waals surface area contributed by atoms with E-state index in [1.54, 1.807) is 7.11 Å². The van der Waals surface area contributed by atoms with Crippen molar-refractivity contribution in [3.05, 3.63) is 28.8 Å². The van der Waals surface area contributed by atoms with E-state index in [0.29, 0.717) is 6.61 Å². The molecule has 0 aromatic heterocycles. The van der Waals surface area contributed by atoms with Crippen LogP contribution in [0.2, 0.25) is 0 Å². The molecule has 1 N–H and O–H groups in total. The summed E-state index contributed by atoms with van der Waals surface area (Å²) in [5.41, 5.74) is 3.28. The van der Waals surface area contributed by atoms with E-state index in [0.717, 1.165) is 28.9 Å². The van der Waals surface area contributed by atoms with Crippen LogP contribution >= 0.6 is 0 Å². The van der Waals surface area contributed by atoms with Gasteiger partial charge in [0.25, 0.3) is 0 Å². The SMILES string of the molecule is COc1c(C)cc([C@H]2CCOC(=O)N2)cc1C. The van der Waals surface area contributed by atoms with Crippen molar-refractivity contribution >= 4 is 6.09 Å². The summed E-state index contributed by atoms with van der Waals surface area (Å²) in [5.74, 6) is 0.909. The Kier molecular flexibility index (Phi) is 3.22. The summed E-state index contributed by atoms with van der Waals surface area (Å²) in [4.78, 5) is 11.2. The smallest absolute Gasteiger partial charge is 0.407 e. The van der Waals surface area contributed by atoms with Crippen molar-refractivity contribution < 1.29 is 14.3 Å². The van der Waals surface area contributed by atoms with Crippen LogP contribution in [0.4, 0.5) is 4.79 Å². The molecule has 1 fully saturated rings. The molecule has 0 unspecified atom stereocenters. The minimum atomic E-state index is -0.340. The monoisotopic (exact) mass is 235 g/mol. The normalized spacial score (nSPS) is 19.5. The van der Waals surface area contributed by atoms with Gasteiger partial charge < -0.3 is 14.8 Å². The number of aryl methyl sites for hydroxylation is 2. The lowest BCUT2D eigenvalue weighted by atomic mass is 9.98. The zero-order valence-corrected chi connectivity index (χ0v) is 10.4. The number of ether oxygens (including phenoxy) is 2. The number of hydrogen-bond acceptors (Lipinski definition) is 3. The second-order valence-electron chi connectivity index (χ2n) is 4.31. The molecule has 2 rings (SSSR count). The van der Waals surface area contributed by atoms with Gasteiger partial charge in [-0.05, 0) is 30.5 Å². The largest absolute Gasteiger partial charge is 0.496 e. The van der Waals surface area contributed by atoms with E-state index in [-0.39, 0.29) is 12.1 Å². The number of nitrogens with one attached hydrogen (secondary N) is 1. The minimum absolute atomic E-state index is 0.0413. The third kappa shape index (κ3) is 2.35. The standard InChI is InChI=1S/C13H17NO3/c1-8-6-10(7-9(2)12(8)16-3)11-4-5-17-13(15)14-11/h6-7,11H,4-5H2,1-3H3,(H,14,15)/t11-/m1/s1. The average molecular weight is 235 g/mol. The highest BCUT2D eigenvalue weighted by atomic mass is 16.5. The molecule has 1 saturated heterocycles. The van der Waals surface area contributed by atoms with E-state index in [2.05, 4.69) is 17.4 Å². The van der Waals surface area contributed by atoms with E-state index >= 15 is 0 Å². The number of alkyl carbamates (subject to hydrolysis) is 1. The van der Waals surface area contributed by atoms with Gasteiger partial charge in [0, 0.05) is 6.42 Å². The van der Waals surface area contributed by atoms with Crippen molar-refractivity contribution in [2.45, 2.75) is 26.3 Å². The second-order valence-corrected chi connectivity index (χ2v) is 4.31. The molecule has 0 bridgehead atoms. The van der Waals surface area contributed by atoms with Gasteiger partial charge in [-0.1, -0.05) is 12.1 Å². The van der Waals surface area contributed by atoms with Gasteiger partial charge in [-0.25, -0.2) is 4.79 Å². The summed E-state index contributed by atoms with van der Waals surface area (Å²) < 4.78 is 10.2. The van der Waals surface area contributed by atoms with Gasteiger partial charge in [0.05, 0.1) is 19.8 Å². The Morgan fingerprint density at radius 3 is 2.53 bits per heavy atom. The predicted molar refractivity (Wildman–Crippen MR) is 64.3 cm³/mol. The molecule has 1 amide bonds. The Hall–Kier alpha value is -1.71. The fraction of sp³-hybridized carbons (Fsp3) is 0.462. The van der Waals surface area contributed by atoms with Crippen molar-refractivity contribution in [2.75, 3.05) is 13.7 Å². The maximum Gasteiger partial charge on any atom is 0.407 e. The third-order valence-electron chi connectivity index (χ3n) is 3.02. The van der Waals surface area contributed by atoms with Crippen molar-refractivity contribution in [3.8, 4) is 5.75 Å². The molecule has 0 aliphatic carbocycles. The number of carbonyl (C=O) groups is 1. The van der Waals surface area contributed by atoms with Crippen molar-refractivity contribution in [1.29, 1.82) is 0 Å². The zero-order valence-electron chi connectivity index (χ0n) is 10.4. The molecule has 0 saturated carbocycles. The van der Waals surface area contributed by atoms with Gasteiger partial charge in [0.15, 0.2) is 0 Å². The first-order valence-electron chi connectivity index (χ1n) is 5.70. The Balaban J connectivity index is 2.30. The highest BCUT2D eigenvalue weighted by Crippen LogP contribution is 2.29. The number of cyclic esters (lactones) is 1. The van der Waals surface area contributed by atoms with Gasteiger partial charge in [0.1, 0.15) is 5.75 Å². The molecule has 4 nitrogen and oxygen atoms in total. The van der Waals surface area contributed by atoms with Crippen LogP contribution in [0.25, 0.3) is 0 Å². The Bertz CT molecular complexity index is 419. The summed E-state index contributed by atoms with van der Waals surface area (Å²) in [5, 5.41) is 2.82. The fourth-order valence-electron chi connectivity index (χ4n) is 2.28. The molecule has 17 heavy (non-hydrogen) atoms. The lowest BCUT2D eigenvalue weighted by Gasteiger charge is -2.24. The molecule has 1 atom stereocenters. The van der Waals surface area contributed by atoms with Gasteiger partial charge in [0.2, 0.25) is 0 Å². The molecule has 1 aromatic carbocycles. The summed E-state index contributed by atoms with van der Waals surface area (Å²) in [7, 11) is 1.67. The van der Waals surface area contributed by atoms with Gasteiger partial charge in [-0.2, -0.15) is 0 Å². The predicted octanol–water partition coefficient (Wildman–Crippen LogP) is 2.48. The summed E-state index contributed by atoms with van der Waals surface area (Å²) >= 11 is 0. The molecule has 1 aromatic rings. The number of hydrogen-bond donors (Lipinski definition) is 1. The van der Waals surface area contributed by atoms with E-state index < -0.39 is 0 Å². The Morgan fingerprint density at radius 1 is 1.35 bits per heavy atom. The molecule has 1 aliphatic heterocycles. The molecule has 1 aliphatic rings. The maximum atomic E-state index is 11.2. The first-order chi connectivity index (χ1) is 8.11. The first kappa shape index (κ1) is 11.8. The first-order valence-corrected chi connectivity index (χ1v) is 5.70. The van der Waals surface area contributed by atoms with Crippen molar-refractivity contribution in [1.82, 2.24) is 5.32 Å². The lowest BCUT2D eigenvalue weighted by molar-refractivity contribution is 0.115. The molecule has 92 valence electrons. The van der Waals surface area contributed by atoms with Gasteiger partial charge in [-0.3, -0.25) is 0 Å². The van der Waals surface area contributed by atoms with Crippen LogP contribution in [0.1, 0.15) is 29.2 Å². The van der Waals surface area contributed by atoms with Crippen molar-refractivity contribution in [2.24, 2.45) is 0 Å². The molecule has 0 spiro atoms. The van der Waals surface area contributed by atoms with Crippen LogP contribution in [0.3, 0.4) is 0 Å². The maximum absolute atomic E-state index is 11.2. The topological polar surface area (TPSA) is 47.6 Å². The molecule has 1 heterocycles. The minimum Gasteiger partial charge on any atom is -0.496 e. The van der Waals surface area contributed by atoms with Crippen LogP contribution in [0.15, 0.2) is 12.1 Å². The van der Waals surface area contributed by atoms with Crippen LogP contribution in [0, 0.1) is 13.8 Å². The zero-order chi connectivity index (χ0) is 12.4. The van der Waals surface area contributed by atoms with Crippen LogP contribution in [-0.2, 0) is 4.74 Å². The summed E-state index contributed by atoms with van der Waals surface area (Å²) in [6, 6.07) is 4.16. The summed E-state index contributed by atoms with van der Waals surface area (Å²) in [6.07, 6.45) is 0.462. The van der Waals surface area contributed by atoms with Crippen LogP contribution in [-0.4, -0.2) is 19.8 Å². The summed E-state index contributed by atoms with van der Waals surface area (Å²) in [6.45, 7) is 4.49. The number of benzene rings is 1. The van der Waals surface area contributed by atoms with E-state index in [1.807, 2.05) is 13.8 Å². The lowest BCUT2D eigenvalue weighted by Crippen LogP contribution is -2.35. The number of rotatable bonds is 2. The van der Waals surface area contributed by atoms with E-state index in [1.165, 1.54) is 0 Å². The molecular weight excluding hydrogens is 218 g/mol. The van der Waals surface area contributed by atoms with Crippen LogP contribution < -0.4 is 10.1 Å². The highest BCUT2D eigenvalue weighted by Gasteiger charge is 2.21. The highest BCUT2D eigenvalue weighted by molar-refractivity contribution is 5.68. The van der Waals surface area contributed by atoms with Crippen LogP contribution in [0.5, 0.6) is 5.75 Å². The quantitative estimate of drug-likeness (QED) is 0.856. The Labute approximate surface area is 101 Å². The van der Waals surface area contributed by atoms with Crippen molar-refractivity contribution in [3.63, 3.8) is 0 Å². The third-order valence-corrected chi connectivity index (χ3v) is 3.02. The Morgan fingerprint density at radius 2 is 2.00 bits per heavy atom. The number of amides is 1. The number of carbonyl (C=O) groups excluding carboxylic acids is 1. The molecule has 4 heteroatoms. The van der Waals surface area contributed by atoms with E-state index in [9.17, 15) is 4.79 Å². The fourth-order valence-corrected chi connectivity index (χ4v) is 2.28. The molecular formula is C13H17NO3. The second kappa shape index (κ2) is 4.65. The molecule has 0 radical (unpaired) electrons. The number of methoxy groups -OCH3 is 1. The average Bonchev–Trinajstić information content (AvgIpc) is 2.28. The van der Waals surface area contributed by atoms with E-state index in [4.69, 9.17) is 9.47 Å². The van der Waals surface area contributed by atoms with Gasteiger partial charge >= 0.3 is 6.09 Å². The van der Waals surface area contributed by atoms with Gasteiger partial charge in [-0.15, -0.1) is 0 Å².